The molecule has 0 aliphatic heterocycles. The number of nitrogens with one attached hydrogen (secondary N) is 1. The molecule has 1 heterocycles. The molecule has 1 atom stereocenters. The molecule has 2 rings (SSSR count). The zero-order valence-corrected chi connectivity index (χ0v) is 10.6. The summed E-state index contributed by atoms with van der Waals surface area (Å²) < 4.78 is 5.15. The number of furan rings is 1. The van der Waals surface area contributed by atoms with Gasteiger partial charge in [0, 0.05) is 10.6 Å². The van der Waals surface area contributed by atoms with E-state index >= 15 is 0 Å². The van der Waals surface area contributed by atoms with E-state index in [2.05, 4.69) is 12.2 Å². The Labute approximate surface area is 107 Å². The lowest BCUT2D eigenvalue weighted by Crippen LogP contribution is -2.22. The first-order valence-corrected chi connectivity index (χ1v) is 6.20. The van der Waals surface area contributed by atoms with E-state index in [1.807, 2.05) is 30.3 Å². The second-order valence-electron chi connectivity index (χ2n) is 4.00. The van der Waals surface area contributed by atoms with Gasteiger partial charge in [-0.25, -0.2) is 0 Å². The minimum absolute atomic E-state index is 0.172. The Hall–Kier alpha value is -1.25. The molecular weight excluding hydrogens is 234 g/mol. The fourth-order valence-electron chi connectivity index (χ4n) is 1.81. The standard InChI is InChI=1S/C14H16ClNO/c1-2-8-16-14(12-7-9-17-10-12)11-3-5-13(15)6-4-11/h3-7,9-10,14,16H,2,8H2,1H3. The average Bonchev–Trinajstić information content (AvgIpc) is 2.85. The number of rotatable bonds is 5. The monoisotopic (exact) mass is 249 g/mol. The summed E-state index contributed by atoms with van der Waals surface area (Å²) in [5, 5.41) is 4.26. The van der Waals surface area contributed by atoms with Gasteiger partial charge in [0.15, 0.2) is 0 Å². The molecule has 0 saturated carbocycles. The van der Waals surface area contributed by atoms with Crippen LogP contribution < -0.4 is 5.32 Å². The molecule has 0 aliphatic rings. The minimum Gasteiger partial charge on any atom is -0.472 e. The number of hydrogen-bond donors (Lipinski definition) is 1. The van der Waals surface area contributed by atoms with Crippen LogP contribution in [0.3, 0.4) is 0 Å². The van der Waals surface area contributed by atoms with Crippen LogP contribution in [0.15, 0.2) is 47.3 Å². The minimum atomic E-state index is 0.172. The highest BCUT2D eigenvalue weighted by Crippen LogP contribution is 2.23. The molecule has 0 fully saturated rings. The van der Waals surface area contributed by atoms with Crippen LogP contribution in [0, 0.1) is 0 Å². The van der Waals surface area contributed by atoms with Crippen molar-refractivity contribution < 1.29 is 4.42 Å². The van der Waals surface area contributed by atoms with Crippen LogP contribution in [0.25, 0.3) is 0 Å². The molecule has 1 aromatic heterocycles. The Bertz CT molecular complexity index is 436. The average molecular weight is 250 g/mol. The lowest BCUT2D eigenvalue weighted by Gasteiger charge is -2.17. The van der Waals surface area contributed by atoms with Crippen LogP contribution in [-0.2, 0) is 0 Å². The van der Waals surface area contributed by atoms with Crippen LogP contribution >= 0.6 is 11.6 Å². The van der Waals surface area contributed by atoms with Gasteiger partial charge in [-0.3, -0.25) is 0 Å². The fourth-order valence-corrected chi connectivity index (χ4v) is 1.94. The quantitative estimate of drug-likeness (QED) is 0.866. The maximum Gasteiger partial charge on any atom is 0.0953 e. The van der Waals surface area contributed by atoms with E-state index in [0.29, 0.717) is 0 Å². The molecule has 17 heavy (non-hydrogen) atoms. The van der Waals surface area contributed by atoms with E-state index in [9.17, 15) is 0 Å². The Morgan fingerprint density at radius 3 is 2.53 bits per heavy atom. The molecule has 3 heteroatoms. The van der Waals surface area contributed by atoms with Crippen molar-refractivity contribution in [2.45, 2.75) is 19.4 Å². The van der Waals surface area contributed by atoms with Gasteiger partial charge < -0.3 is 9.73 Å². The second-order valence-corrected chi connectivity index (χ2v) is 4.43. The van der Waals surface area contributed by atoms with E-state index < -0.39 is 0 Å². The highest BCUT2D eigenvalue weighted by molar-refractivity contribution is 6.30. The van der Waals surface area contributed by atoms with Crippen molar-refractivity contribution in [3.8, 4) is 0 Å². The molecule has 1 N–H and O–H groups in total. The van der Waals surface area contributed by atoms with Crippen molar-refractivity contribution in [3.05, 3.63) is 59.0 Å². The smallest absolute Gasteiger partial charge is 0.0953 e. The van der Waals surface area contributed by atoms with Crippen LogP contribution in [0.5, 0.6) is 0 Å². The third kappa shape index (κ3) is 3.11. The van der Waals surface area contributed by atoms with Crippen LogP contribution in [0.4, 0.5) is 0 Å². The van der Waals surface area contributed by atoms with E-state index in [1.165, 1.54) is 5.56 Å². The summed E-state index contributed by atoms with van der Waals surface area (Å²) in [4.78, 5) is 0. The van der Waals surface area contributed by atoms with Gasteiger partial charge in [-0.2, -0.15) is 0 Å². The van der Waals surface area contributed by atoms with Gasteiger partial charge in [0.25, 0.3) is 0 Å². The predicted octanol–water partition coefficient (Wildman–Crippen LogP) is 4.02. The molecule has 0 saturated heterocycles. The van der Waals surface area contributed by atoms with Crippen LogP contribution in [-0.4, -0.2) is 6.54 Å². The number of hydrogen-bond acceptors (Lipinski definition) is 2. The molecule has 2 aromatic rings. The van der Waals surface area contributed by atoms with Crippen molar-refractivity contribution >= 4 is 11.6 Å². The van der Waals surface area contributed by atoms with Gasteiger partial charge >= 0.3 is 0 Å². The fraction of sp³-hybridized carbons (Fsp3) is 0.286. The maximum absolute atomic E-state index is 5.91. The predicted molar refractivity (Wildman–Crippen MR) is 70.3 cm³/mol. The summed E-state index contributed by atoms with van der Waals surface area (Å²) in [6.45, 7) is 3.12. The molecule has 2 nitrogen and oxygen atoms in total. The van der Waals surface area contributed by atoms with Crippen molar-refractivity contribution in [2.24, 2.45) is 0 Å². The van der Waals surface area contributed by atoms with E-state index in [-0.39, 0.29) is 6.04 Å². The van der Waals surface area contributed by atoms with Crippen LogP contribution in [0.2, 0.25) is 5.02 Å². The maximum atomic E-state index is 5.91. The molecule has 0 radical (unpaired) electrons. The topological polar surface area (TPSA) is 25.2 Å². The Balaban J connectivity index is 2.23. The van der Waals surface area contributed by atoms with E-state index in [0.717, 1.165) is 23.6 Å². The molecule has 1 aromatic carbocycles. The first-order chi connectivity index (χ1) is 8.31. The molecular formula is C14H16ClNO. The van der Waals surface area contributed by atoms with Crippen LogP contribution in [0.1, 0.15) is 30.5 Å². The van der Waals surface area contributed by atoms with Gasteiger partial charge in [0.1, 0.15) is 0 Å². The van der Waals surface area contributed by atoms with Crippen molar-refractivity contribution in [3.63, 3.8) is 0 Å². The van der Waals surface area contributed by atoms with Gasteiger partial charge in [-0.15, -0.1) is 0 Å². The summed E-state index contributed by atoms with van der Waals surface area (Å²) >= 11 is 5.91. The zero-order valence-electron chi connectivity index (χ0n) is 9.82. The lowest BCUT2D eigenvalue weighted by molar-refractivity contribution is 0.548. The Morgan fingerprint density at radius 1 is 1.18 bits per heavy atom. The summed E-state index contributed by atoms with van der Waals surface area (Å²) in [5.41, 5.74) is 2.34. The molecule has 0 aliphatic carbocycles. The van der Waals surface area contributed by atoms with Crippen molar-refractivity contribution in [1.29, 1.82) is 0 Å². The molecule has 90 valence electrons. The summed E-state index contributed by atoms with van der Waals surface area (Å²) in [6, 6.07) is 10.1. The van der Waals surface area contributed by atoms with Gasteiger partial charge in [-0.1, -0.05) is 30.7 Å². The lowest BCUT2D eigenvalue weighted by atomic mass is 10.0. The van der Waals surface area contributed by atoms with Gasteiger partial charge in [0.2, 0.25) is 0 Å². The number of halogens is 1. The third-order valence-electron chi connectivity index (χ3n) is 2.68. The van der Waals surface area contributed by atoms with Crippen molar-refractivity contribution in [1.82, 2.24) is 5.32 Å². The molecule has 1 unspecified atom stereocenters. The second kappa shape index (κ2) is 5.89. The number of benzene rings is 1. The highest BCUT2D eigenvalue weighted by Gasteiger charge is 2.13. The highest BCUT2D eigenvalue weighted by atomic mass is 35.5. The summed E-state index contributed by atoms with van der Waals surface area (Å²) in [7, 11) is 0. The molecule has 0 amide bonds. The van der Waals surface area contributed by atoms with Gasteiger partial charge in [-0.05, 0) is 36.7 Å². The van der Waals surface area contributed by atoms with E-state index in [1.54, 1.807) is 12.5 Å². The third-order valence-corrected chi connectivity index (χ3v) is 2.93. The summed E-state index contributed by atoms with van der Waals surface area (Å²) in [6.07, 6.45) is 4.58. The SMILES string of the molecule is CCCNC(c1ccc(Cl)cc1)c1ccoc1. The molecule has 0 spiro atoms. The summed E-state index contributed by atoms with van der Waals surface area (Å²) in [5.74, 6) is 0. The first kappa shape index (κ1) is 12.2. The largest absolute Gasteiger partial charge is 0.472 e. The normalized spacial score (nSPS) is 12.6. The van der Waals surface area contributed by atoms with Gasteiger partial charge in [0.05, 0.1) is 18.6 Å². The zero-order chi connectivity index (χ0) is 12.1. The first-order valence-electron chi connectivity index (χ1n) is 5.82. The Morgan fingerprint density at radius 2 is 1.94 bits per heavy atom. The molecule has 0 bridgehead atoms. The van der Waals surface area contributed by atoms with E-state index in [4.69, 9.17) is 16.0 Å². The van der Waals surface area contributed by atoms with Crippen molar-refractivity contribution in [2.75, 3.05) is 6.54 Å². The Kier molecular flexibility index (Phi) is 4.24.